The van der Waals surface area contributed by atoms with Gasteiger partial charge in [-0.1, -0.05) is 24.3 Å². The number of benzene rings is 1. The summed E-state index contributed by atoms with van der Waals surface area (Å²) < 4.78 is 1.80. The van der Waals surface area contributed by atoms with Crippen LogP contribution in [0.1, 0.15) is 29.3 Å². The molecule has 18 heavy (non-hydrogen) atoms. The van der Waals surface area contributed by atoms with E-state index < -0.39 is 5.97 Å². The van der Waals surface area contributed by atoms with Crippen LogP contribution in [0.3, 0.4) is 0 Å². The molecule has 0 spiro atoms. The van der Waals surface area contributed by atoms with Crippen molar-refractivity contribution in [3.63, 3.8) is 0 Å². The number of rotatable bonds is 4. The van der Waals surface area contributed by atoms with Gasteiger partial charge in [0.05, 0.1) is 17.5 Å². The topological polar surface area (TPSA) is 68.0 Å². The summed E-state index contributed by atoms with van der Waals surface area (Å²) in [5.41, 5.74) is 2.78. The first-order valence-electron chi connectivity index (χ1n) is 5.87. The van der Waals surface area contributed by atoms with E-state index in [2.05, 4.69) is 17.2 Å². The normalized spacial score (nSPS) is 10.6. The first-order valence-corrected chi connectivity index (χ1v) is 5.87. The standard InChI is InChI=1S/C13H15N3O2/c1-3-7-16-12(8-14-15-16)10-5-4-6-11(9(10)2)13(17)18/h4-6,8H,3,7H2,1-2H3,(H,17,18). The second-order valence-electron chi connectivity index (χ2n) is 4.13. The van der Waals surface area contributed by atoms with Gasteiger partial charge in [0, 0.05) is 12.1 Å². The summed E-state index contributed by atoms with van der Waals surface area (Å²) >= 11 is 0. The van der Waals surface area contributed by atoms with Crippen molar-refractivity contribution >= 4 is 5.97 Å². The van der Waals surface area contributed by atoms with Crippen LogP contribution in [0.25, 0.3) is 11.3 Å². The first-order chi connectivity index (χ1) is 8.65. The van der Waals surface area contributed by atoms with E-state index in [1.807, 2.05) is 13.0 Å². The lowest BCUT2D eigenvalue weighted by Crippen LogP contribution is -2.05. The minimum Gasteiger partial charge on any atom is -0.478 e. The lowest BCUT2D eigenvalue weighted by atomic mass is 10.0. The number of aromatic nitrogens is 3. The van der Waals surface area contributed by atoms with Crippen LogP contribution in [0, 0.1) is 6.92 Å². The summed E-state index contributed by atoms with van der Waals surface area (Å²) in [7, 11) is 0. The average Bonchev–Trinajstić information content (AvgIpc) is 2.77. The molecule has 1 aromatic carbocycles. The third-order valence-corrected chi connectivity index (χ3v) is 2.89. The van der Waals surface area contributed by atoms with Gasteiger partial charge < -0.3 is 5.11 Å². The quantitative estimate of drug-likeness (QED) is 0.897. The Labute approximate surface area is 105 Å². The number of hydrogen-bond donors (Lipinski definition) is 1. The zero-order valence-electron chi connectivity index (χ0n) is 10.4. The van der Waals surface area contributed by atoms with Gasteiger partial charge in [-0.15, -0.1) is 5.10 Å². The van der Waals surface area contributed by atoms with E-state index in [0.29, 0.717) is 5.56 Å². The van der Waals surface area contributed by atoms with E-state index >= 15 is 0 Å². The lowest BCUT2D eigenvalue weighted by Gasteiger charge is -2.09. The molecule has 0 saturated carbocycles. The van der Waals surface area contributed by atoms with Gasteiger partial charge in [-0.05, 0) is 25.0 Å². The molecule has 0 aliphatic heterocycles. The monoisotopic (exact) mass is 245 g/mol. The Morgan fingerprint density at radius 1 is 1.44 bits per heavy atom. The van der Waals surface area contributed by atoms with Gasteiger partial charge >= 0.3 is 5.97 Å². The average molecular weight is 245 g/mol. The zero-order valence-corrected chi connectivity index (χ0v) is 10.4. The maximum absolute atomic E-state index is 11.1. The lowest BCUT2D eigenvalue weighted by molar-refractivity contribution is 0.0696. The number of carboxylic acid groups (broad SMARTS) is 1. The van der Waals surface area contributed by atoms with E-state index in [1.54, 1.807) is 23.0 Å². The maximum Gasteiger partial charge on any atom is 0.335 e. The Morgan fingerprint density at radius 3 is 2.89 bits per heavy atom. The summed E-state index contributed by atoms with van der Waals surface area (Å²) in [5.74, 6) is -0.913. The molecular weight excluding hydrogens is 230 g/mol. The third kappa shape index (κ3) is 2.11. The van der Waals surface area contributed by atoms with Gasteiger partial charge in [0.15, 0.2) is 0 Å². The van der Waals surface area contributed by atoms with Crippen molar-refractivity contribution in [1.29, 1.82) is 0 Å². The Morgan fingerprint density at radius 2 is 2.22 bits per heavy atom. The molecule has 1 N–H and O–H groups in total. The van der Waals surface area contributed by atoms with E-state index in [0.717, 1.165) is 29.8 Å². The molecule has 1 aromatic heterocycles. The van der Waals surface area contributed by atoms with E-state index in [1.165, 1.54) is 0 Å². The number of carbonyl (C=O) groups is 1. The molecule has 0 bridgehead atoms. The maximum atomic E-state index is 11.1. The fraction of sp³-hybridized carbons (Fsp3) is 0.308. The molecule has 0 unspecified atom stereocenters. The highest BCUT2D eigenvalue weighted by Gasteiger charge is 2.14. The molecule has 0 atom stereocenters. The summed E-state index contributed by atoms with van der Waals surface area (Å²) in [4.78, 5) is 11.1. The van der Waals surface area contributed by atoms with Crippen molar-refractivity contribution in [2.45, 2.75) is 26.8 Å². The summed E-state index contributed by atoms with van der Waals surface area (Å²) in [6.07, 6.45) is 2.62. The molecule has 0 aliphatic carbocycles. The molecular formula is C13H15N3O2. The molecule has 2 rings (SSSR count). The number of carboxylic acids is 1. The van der Waals surface area contributed by atoms with E-state index in [4.69, 9.17) is 5.11 Å². The Kier molecular flexibility index (Phi) is 3.41. The number of hydrogen-bond acceptors (Lipinski definition) is 3. The van der Waals surface area contributed by atoms with Gasteiger partial charge in [-0.25, -0.2) is 9.48 Å². The van der Waals surface area contributed by atoms with E-state index in [9.17, 15) is 4.79 Å². The minimum absolute atomic E-state index is 0.316. The highest BCUT2D eigenvalue weighted by molar-refractivity contribution is 5.91. The molecule has 2 aromatic rings. The SMILES string of the molecule is CCCn1nncc1-c1cccc(C(=O)O)c1C. The molecule has 0 saturated heterocycles. The predicted molar refractivity (Wildman–Crippen MR) is 67.4 cm³/mol. The van der Waals surface area contributed by atoms with Crippen molar-refractivity contribution in [3.8, 4) is 11.3 Å². The molecule has 0 amide bonds. The van der Waals surface area contributed by atoms with Crippen LogP contribution >= 0.6 is 0 Å². The number of nitrogens with zero attached hydrogens (tertiary/aromatic N) is 3. The second kappa shape index (κ2) is 5.00. The smallest absolute Gasteiger partial charge is 0.335 e. The van der Waals surface area contributed by atoms with Crippen molar-refractivity contribution in [1.82, 2.24) is 15.0 Å². The predicted octanol–water partition coefficient (Wildman–Crippen LogP) is 2.36. The third-order valence-electron chi connectivity index (χ3n) is 2.89. The van der Waals surface area contributed by atoms with Gasteiger partial charge in [-0.3, -0.25) is 0 Å². The molecule has 0 fully saturated rings. The molecule has 0 radical (unpaired) electrons. The summed E-state index contributed by atoms with van der Waals surface area (Å²) in [6, 6.07) is 5.25. The highest BCUT2D eigenvalue weighted by atomic mass is 16.4. The van der Waals surface area contributed by atoms with Crippen molar-refractivity contribution in [2.75, 3.05) is 0 Å². The summed E-state index contributed by atoms with van der Waals surface area (Å²) in [6.45, 7) is 4.64. The molecule has 1 heterocycles. The Bertz CT molecular complexity index is 575. The van der Waals surface area contributed by atoms with Gasteiger partial charge in [0.1, 0.15) is 0 Å². The Balaban J connectivity index is 2.54. The fourth-order valence-corrected chi connectivity index (χ4v) is 1.99. The largest absolute Gasteiger partial charge is 0.478 e. The molecule has 5 nitrogen and oxygen atoms in total. The van der Waals surface area contributed by atoms with Crippen LogP contribution in [0.2, 0.25) is 0 Å². The zero-order chi connectivity index (χ0) is 13.1. The minimum atomic E-state index is -0.913. The van der Waals surface area contributed by atoms with Crippen LogP contribution in [0.4, 0.5) is 0 Å². The van der Waals surface area contributed by atoms with Crippen LogP contribution < -0.4 is 0 Å². The second-order valence-corrected chi connectivity index (χ2v) is 4.13. The van der Waals surface area contributed by atoms with E-state index in [-0.39, 0.29) is 0 Å². The van der Waals surface area contributed by atoms with Gasteiger partial charge in [0.25, 0.3) is 0 Å². The molecule has 5 heteroatoms. The first kappa shape index (κ1) is 12.3. The van der Waals surface area contributed by atoms with Crippen LogP contribution in [-0.4, -0.2) is 26.1 Å². The van der Waals surface area contributed by atoms with Crippen molar-refractivity contribution < 1.29 is 9.90 Å². The Hall–Kier alpha value is -2.17. The number of aromatic carboxylic acids is 1. The van der Waals surface area contributed by atoms with Crippen LogP contribution in [-0.2, 0) is 6.54 Å². The summed E-state index contributed by atoms with van der Waals surface area (Å²) in [5, 5.41) is 17.0. The molecule has 94 valence electrons. The van der Waals surface area contributed by atoms with Crippen molar-refractivity contribution in [2.24, 2.45) is 0 Å². The van der Waals surface area contributed by atoms with Crippen LogP contribution in [0.5, 0.6) is 0 Å². The van der Waals surface area contributed by atoms with Gasteiger partial charge in [-0.2, -0.15) is 0 Å². The highest BCUT2D eigenvalue weighted by Crippen LogP contribution is 2.25. The number of aryl methyl sites for hydroxylation is 1. The fourth-order valence-electron chi connectivity index (χ4n) is 1.99. The van der Waals surface area contributed by atoms with Gasteiger partial charge in [0.2, 0.25) is 0 Å². The van der Waals surface area contributed by atoms with Crippen molar-refractivity contribution in [3.05, 3.63) is 35.5 Å². The van der Waals surface area contributed by atoms with Crippen LogP contribution in [0.15, 0.2) is 24.4 Å². The molecule has 0 aliphatic rings.